The van der Waals surface area contributed by atoms with Crippen LogP contribution < -0.4 is 5.73 Å². The number of hydrogen-bond donors (Lipinski definition) is 1. The van der Waals surface area contributed by atoms with Crippen molar-refractivity contribution in [1.82, 2.24) is 4.90 Å². The quantitative estimate of drug-likeness (QED) is 0.874. The van der Waals surface area contributed by atoms with E-state index < -0.39 is 0 Å². The molecule has 0 spiro atoms. The Labute approximate surface area is 103 Å². The normalized spacial score (nSPS) is 25.4. The van der Waals surface area contributed by atoms with E-state index in [1.807, 2.05) is 13.0 Å². The van der Waals surface area contributed by atoms with E-state index in [0.29, 0.717) is 0 Å². The van der Waals surface area contributed by atoms with Gasteiger partial charge in [-0.05, 0) is 49.6 Å². The Bertz CT molecular complexity index is 390. The zero-order valence-corrected chi connectivity index (χ0v) is 10.6. The number of hydrogen-bond acceptors (Lipinski definition) is 2. The maximum absolute atomic E-state index is 13.4. The fourth-order valence-corrected chi connectivity index (χ4v) is 2.78. The van der Waals surface area contributed by atoms with Crippen LogP contribution in [0.15, 0.2) is 18.2 Å². The summed E-state index contributed by atoms with van der Waals surface area (Å²) in [5, 5.41) is 0. The first-order valence-electron chi connectivity index (χ1n) is 6.39. The highest BCUT2D eigenvalue weighted by atomic mass is 19.1. The van der Waals surface area contributed by atoms with Gasteiger partial charge in [0.05, 0.1) is 6.04 Å². The van der Waals surface area contributed by atoms with E-state index in [-0.39, 0.29) is 17.9 Å². The van der Waals surface area contributed by atoms with Crippen LogP contribution in [0.2, 0.25) is 0 Å². The van der Waals surface area contributed by atoms with Crippen LogP contribution in [0.25, 0.3) is 0 Å². The van der Waals surface area contributed by atoms with Gasteiger partial charge >= 0.3 is 0 Å². The molecule has 0 amide bonds. The summed E-state index contributed by atoms with van der Waals surface area (Å²) >= 11 is 0. The number of aryl methyl sites for hydroxylation is 1. The second-order valence-electron chi connectivity index (χ2n) is 4.93. The molecule has 1 saturated heterocycles. The molecule has 2 N–H and O–H groups in total. The lowest BCUT2D eigenvalue weighted by Gasteiger charge is -2.28. The predicted octanol–water partition coefficient (Wildman–Crippen LogP) is 2.62. The van der Waals surface area contributed by atoms with Crippen molar-refractivity contribution in [3.05, 3.63) is 35.1 Å². The van der Waals surface area contributed by atoms with Crippen LogP contribution in [0.3, 0.4) is 0 Å². The zero-order valence-electron chi connectivity index (χ0n) is 10.6. The molecule has 1 aromatic carbocycles. The third-order valence-electron chi connectivity index (χ3n) is 3.62. The van der Waals surface area contributed by atoms with Gasteiger partial charge in [-0.25, -0.2) is 4.39 Å². The van der Waals surface area contributed by atoms with Gasteiger partial charge in [0.25, 0.3) is 0 Å². The van der Waals surface area contributed by atoms with Gasteiger partial charge in [-0.3, -0.25) is 4.90 Å². The second-order valence-corrected chi connectivity index (χ2v) is 4.93. The highest BCUT2D eigenvalue weighted by Crippen LogP contribution is 2.33. The molecule has 0 radical (unpaired) electrons. The Hall–Kier alpha value is -0.930. The summed E-state index contributed by atoms with van der Waals surface area (Å²) < 4.78 is 13.4. The minimum atomic E-state index is -0.166. The lowest BCUT2D eigenvalue weighted by atomic mass is 9.96. The first-order chi connectivity index (χ1) is 8.13. The fourth-order valence-electron chi connectivity index (χ4n) is 2.78. The van der Waals surface area contributed by atoms with Crippen molar-refractivity contribution in [1.29, 1.82) is 0 Å². The van der Waals surface area contributed by atoms with E-state index in [1.165, 1.54) is 6.07 Å². The lowest BCUT2D eigenvalue weighted by molar-refractivity contribution is 0.247. The first-order valence-corrected chi connectivity index (χ1v) is 6.39. The smallest absolute Gasteiger partial charge is 0.123 e. The molecule has 1 fully saturated rings. The van der Waals surface area contributed by atoms with Crippen molar-refractivity contribution in [3.63, 3.8) is 0 Å². The monoisotopic (exact) mass is 236 g/mol. The summed E-state index contributed by atoms with van der Waals surface area (Å²) in [6, 6.07) is 5.32. The van der Waals surface area contributed by atoms with Crippen molar-refractivity contribution in [2.75, 3.05) is 13.1 Å². The molecule has 0 aliphatic carbocycles. The third-order valence-corrected chi connectivity index (χ3v) is 3.62. The Balaban J connectivity index is 2.32. The molecule has 3 heteroatoms. The SMILES string of the molecule is CCCN1CCC(N)C1c1cc(F)ccc1C. The molecular formula is C14H21FN2. The Morgan fingerprint density at radius 1 is 1.47 bits per heavy atom. The zero-order chi connectivity index (χ0) is 12.4. The standard InChI is InChI=1S/C14H21FN2/c1-3-7-17-8-6-13(16)14(17)12-9-11(15)5-4-10(12)2/h4-5,9,13-14H,3,6-8,16H2,1-2H3. The maximum Gasteiger partial charge on any atom is 0.123 e. The molecule has 17 heavy (non-hydrogen) atoms. The summed E-state index contributed by atoms with van der Waals surface area (Å²) in [6.45, 7) is 6.26. The summed E-state index contributed by atoms with van der Waals surface area (Å²) in [7, 11) is 0. The largest absolute Gasteiger partial charge is 0.326 e. The molecule has 0 saturated carbocycles. The minimum absolute atomic E-state index is 0.127. The Morgan fingerprint density at radius 2 is 2.24 bits per heavy atom. The number of likely N-dealkylation sites (tertiary alicyclic amines) is 1. The minimum Gasteiger partial charge on any atom is -0.326 e. The molecule has 2 rings (SSSR count). The number of nitrogens with two attached hydrogens (primary N) is 1. The van der Waals surface area contributed by atoms with Crippen LogP contribution in [0.4, 0.5) is 4.39 Å². The lowest BCUT2D eigenvalue weighted by Crippen LogP contribution is -2.32. The van der Waals surface area contributed by atoms with Crippen molar-refractivity contribution in [2.45, 2.75) is 38.8 Å². The number of halogens is 1. The average molecular weight is 236 g/mol. The van der Waals surface area contributed by atoms with Crippen LogP contribution in [0.1, 0.15) is 36.9 Å². The summed E-state index contributed by atoms with van der Waals surface area (Å²) in [4.78, 5) is 2.38. The molecule has 1 heterocycles. The van der Waals surface area contributed by atoms with Gasteiger partial charge < -0.3 is 5.73 Å². The molecule has 2 atom stereocenters. The van der Waals surface area contributed by atoms with Crippen LogP contribution >= 0.6 is 0 Å². The Kier molecular flexibility index (Phi) is 3.79. The van der Waals surface area contributed by atoms with Gasteiger partial charge in [-0.2, -0.15) is 0 Å². The molecule has 0 aromatic heterocycles. The number of nitrogens with zero attached hydrogens (tertiary/aromatic N) is 1. The Morgan fingerprint density at radius 3 is 2.94 bits per heavy atom. The average Bonchev–Trinajstić information content (AvgIpc) is 2.64. The number of rotatable bonds is 3. The van der Waals surface area contributed by atoms with Gasteiger partial charge in [0.2, 0.25) is 0 Å². The molecule has 94 valence electrons. The van der Waals surface area contributed by atoms with Gasteiger partial charge in [0, 0.05) is 12.6 Å². The predicted molar refractivity (Wildman–Crippen MR) is 68.3 cm³/mol. The molecule has 1 aliphatic rings. The summed E-state index contributed by atoms with van der Waals surface area (Å²) in [5.74, 6) is -0.166. The van der Waals surface area contributed by atoms with Crippen LogP contribution in [-0.2, 0) is 0 Å². The van der Waals surface area contributed by atoms with E-state index >= 15 is 0 Å². The molecular weight excluding hydrogens is 215 g/mol. The van der Waals surface area contributed by atoms with E-state index in [1.54, 1.807) is 6.07 Å². The topological polar surface area (TPSA) is 29.3 Å². The summed E-state index contributed by atoms with van der Waals surface area (Å²) in [6.07, 6.45) is 2.11. The van der Waals surface area contributed by atoms with Crippen LogP contribution in [0, 0.1) is 12.7 Å². The van der Waals surface area contributed by atoms with E-state index in [4.69, 9.17) is 5.73 Å². The summed E-state index contributed by atoms with van der Waals surface area (Å²) in [5.41, 5.74) is 8.38. The first kappa shape index (κ1) is 12.5. The molecule has 1 aromatic rings. The van der Waals surface area contributed by atoms with Crippen molar-refractivity contribution < 1.29 is 4.39 Å². The van der Waals surface area contributed by atoms with Crippen LogP contribution in [-0.4, -0.2) is 24.0 Å². The van der Waals surface area contributed by atoms with Crippen molar-refractivity contribution in [3.8, 4) is 0 Å². The molecule has 2 unspecified atom stereocenters. The van der Waals surface area contributed by atoms with Gasteiger partial charge in [-0.1, -0.05) is 13.0 Å². The van der Waals surface area contributed by atoms with E-state index in [0.717, 1.165) is 37.1 Å². The highest BCUT2D eigenvalue weighted by molar-refractivity contribution is 5.31. The fraction of sp³-hybridized carbons (Fsp3) is 0.571. The van der Waals surface area contributed by atoms with Crippen molar-refractivity contribution in [2.24, 2.45) is 5.73 Å². The van der Waals surface area contributed by atoms with Gasteiger partial charge in [-0.15, -0.1) is 0 Å². The number of benzene rings is 1. The molecule has 1 aliphatic heterocycles. The van der Waals surface area contributed by atoms with Gasteiger partial charge in [0.15, 0.2) is 0 Å². The third kappa shape index (κ3) is 2.50. The van der Waals surface area contributed by atoms with Crippen molar-refractivity contribution >= 4 is 0 Å². The highest BCUT2D eigenvalue weighted by Gasteiger charge is 2.33. The van der Waals surface area contributed by atoms with Crippen LogP contribution in [0.5, 0.6) is 0 Å². The molecule has 2 nitrogen and oxygen atoms in total. The maximum atomic E-state index is 13.4. The van der Waals surface area contributed by atoms with E-state index in [2.05, 4.69) is 11.8 Å². The molecule has 0 bridgehead atoms. The van der Waals surface area contributed by atoms with Gasteiger partial charge in [0.1, 0.15) is 5.82 Å². The second kappa shape index (κ2) is 5.15. The van der Waals surface area contributed by atoms with E-state index in [9.17, 15) is 4.39 Å².